The average Bonchev–Trinajstić information content (AvgIpc) is 2.98. The molecular formula is C18H20ClF3N2O2S. The third kappa shape index (κ3) is 4.82. The van der Waals surface area contributed by atoms with E-state index in [4.69, 9.17) is 5.73 Å². The predicted octanol–water partition coefficient (Wildman–Crippen LogP) is 3.38. The molecular weight excluding hydrogens is 401 g/mol. The van der Waals surface area contributed by atoms with Crippen LogP contribution >= 0.6 is 12.4 Å². The first-order valence-electron chi connectivity index (χ1n) is 8.12. The molecule has 0 aromatic heterocycles. The minimum Gasteiger partial charge on any atom is -0.326 e. The van der Waals surface area contributed by atoms with Crippen LogP contribution in [0, 0.1) is 0 Å². The largest absolute Gasteiger partial charge is 0.416 e. The Morgan fingerprint density at radius 2 is 1.59 bits per heavy atom. The summed E-state index contributed by atoms with van der Waals surface area (Å²) in [5, 5.41) is 0. The maximum Gasteiger partial charge on any atom is 0.416 e. The minimum atomic E-state index is -4.60. The normalized spacial score (nSPS) is 21.0. The van der Waals surface area contributed by atoms with Gasteiger partial charge in [-0.1, -0.05) is 48.5 Å². The second-order valence-corrected chi connectivity index (χ2v) is 8.38. The summed E-state index contributed by atoms with van der Waals surface area (Å²) in [6.45, 7) is 0.262. The van der Waals surface area contributed by atoms with Crippen LogP contribution in [0.1, 0.15) is 22.6 Å². The van der Waals surface area contributed by atoms with E-state index in [1.54, 1.807) is 0 Å². The first-order chi connectivity index (χ1) is 12.2. The summed E-state index contributed by atoms with van der Waals surface area (Å²) >= 11 is 0. The van der Waals surface area contributed by atoms with Gasteiger partial charge in [-0.3, -0.25) is 0 Å². The van der Waals surface area contributed by atoms with Crippen LogP contribution in [0.15, 0.2) is 54.6 Å². The molecule has 148 valence electrons. The van der Waals surface area contributed by atoms with Gasteiger partial charge in [-0.2, -0.15) is 17.5 Å². The molecule has 3 rings (SSSR count). The Balaban J connectivity index is 0.00000261. The maximum absolute atomic E-state index is 13.1. The van der Waals surface area contributed by atoms with Gasteiger partial charge in [-0.05, 0) is 17.2 Å². The number of hydrogen-bond donors (Lipinski definition) is 1. The molecule has 0 aliphatic carbocycles. The van der Waals surface area contributed by atoms with Crippen molar-refractivity contribution in [2.45, 2.75) is 23.9 Å². The molecule has 1 aliphatic rings. The lowest BCUT2D eigenvalue weighted by Gasteiger charge is -2.18. The van der Waals surface area contributed by atoms with E-state index in [-0.39, 0.29) is 37.0 Å². The molecule has 2 N–H and O–H groups in total. The van der Waals surface area contributed by atoms with Crippen LogP contribution in [-0.4, -0.2) is 31.9 Å². The molecule has 2 aromatic carbocycles. The van der Waals surface area contributed by atoms with Gasteiger partial charge in [0.1, 0.15) is 0 Å². The van der Waals surface area contributed by atoms with Gasteiger partial charge in [0.15, 0.2) is 0 Å². The van der Waals surface area contributed by atoms with E-state index in [2.05, 4.69) is 0 Å². The van der Waals surface area contributed by atoms with Gasteiger partial charge in [-0.15, -0.1) is 12.4 Å². The fourth-order valence-electron chi connectivity index (χ4n) is 3.28. The fraction of sp³-hybridized carbons (Fsp3) is 0.333. The Morgan fingerprint density at radius 1 is 1.00 bits per heavy atom. The number of hydrogen-bond acceptors (Lipinski definition) is 3. The van der Waals surface area contributed by atoms with Crippen LogP contribution in [0.4, 0.5) is 13.2 Å². The number of benzene rings is 2. The van der Waals surface area contributed by atoms with Gasteiger partial charge in [0.05, 0.1) is 11.3 Å². The van der Waals surface area contributed by atoms with Crippen LogP contribution in [0.3, 0.4) is 0 Å². The molecule has 9 heteroatoms. The summed E-state index contributed by atoms with van der Waals surface area (Å²) in [6, 6.07) is 13.6. The Kier molecular flexibility index (Phi) is 6.57. The standard InChI is InChI=1S/C18H19F3N2O2S.ClH/c19-18(20,21)16-9-5-4-8-14(16)12-26(24,25)23-10-15(17(22)11-23)13-6-2-1-3-7-13;/h1-9,15,17H,10-12,22H2;1H/t15-,17+;/m0./s1. The topological polar surface area (TPSA) is 63.4 Å². The predicted molar refractivity (Wildman–Crippen MR) is 100 cm³/mol. The van der Waals surface area contributed by atoms with Crippen molar-refractivity contribution in [1.82, 2.24) is 4.31 Å². The van der Waals surface area contributed by atoms with Crippen LogP contribution in [0.5, 0.6) is 0 Å². The molecule has 2 atom stereocenters. The van der Waals surface area contributed by atoms with Gasteiger partial charge >= 0.3 is 6.18 Å². The molecule has 0 bridgehead atoms. The number of nitrogens with two attached hydrogens (primary N) is 1. The number of halogens is 4. The lowest BCUT2D eigenvalue weighted by Crippen LogP contribution is -2.33. The highest BCUT2D eigenvalue weighted by Gasteiger charge is 2.39. The zero-order valence-corrected chi connectivity index (χ0v) is 15.9. The Morgan fingerprint density at radius 3 is 2.22 bits per heavy atom. The highest BCUT2D eigenvalue weighted by molar-refractivity contribution is 7.88. The van der Waals surface area contributed by atoms with Crippen molar-refractivity contribution in [2.24, 2.45) is 5.73 Å². The van der Waals surface area contributed by atoms with Crippen LogP contribution in [0.25, 0.3) is 0 Å². The second-order valence-electron chi connectivity index (χ2n) is 6.41. The number of rotatable bonds is 4. The zero-order valence-electron chi connectivity index (χ0n) is 14.3. The molecule has 1 heterocycles. The van der Waals surface area contributed by atoms with Gasteiger partial charge in [-0.25, -0.2) is 8.42 Å². The van der Waals surface area contributed by atoms with Crippen LogP contribution < -0.4 is 5.73 Å². The Bertz CT molecular complexity index is 876. The molecule has 2 aromatic rings. The average molecular weight is 421 g/mol. The smallest absolute Gasteiger partial charge is 0.326 e. The van der Waals surface area contributed by atoms with E-state index in [1.165, 1.54) is 22.5 Å². The molecule has 0 saturated carbocycles. The van der Waals surface area contributed by atoms with Gasteiger partial charge in [0, 0.05) is 25.0 Å². The third-order valence-corrected chi connectivity index (χ3v) is 6.37. The van der Waals surface area contributed by atoms with Crippen molar-refractivity contribution in [1.29, 1.82) is 0 Å². The van der Waals surface area contributed by atoms with Crippen LogP contribution in [-0.2, 0) is 22.0 Å². The quantitative estimate of drug-likeness (QED) is 0.824. The monoisotopic (exact) mass is 420 g/mol. The summed E-state index contributed by atoms with van der Waals surface area (Å²) in [4.78, 5) is 0. The van der Waals surface area contributed by atoms with Gasteiger partial charge in [0.2, 0.25) is 10.0 Å². The molecule has 1 fully saturated rings. The first-order valence-corrected chi connectivity index (χ1v) is 9.73. The summed E-state index contributed by atoms with van der Waals surface area (Å²) in [6.07, 6.45) is -4.60. The second kappa shape index (κ2) is 8.18. The van der Waals surface area contributed by atoms with E-state index in [1.807, 2.05) is 30.3 Å². The van der Waals surface area contributed by atoms with E-state index in [0.717, 1.165) is 11.6 Å². The zero-order chi connectivity index (χ0) is 18.9. The molecule has 0 radical (unpaired) electrons. The van der Waals surface area contributed by atoms with Crippen molar-refractivity contribution in [2.75, 3.05) is 13.1 Å². The summed E-state index contributed by atoms with van der Waals surface area (Å²) < 4.78 is 66.0. The van der Waals surface area contributed by atoms with Crippen molar-refractivity contribution < 1.29 is 21.6 Å². The number of alkyl halides is 3. The van der Waals surface area contributed by atoms with E-state index in [9.17, 15) is 21.6 Å². The van der Waals surface area contributed by atoms with E-state index >= 15 is 0 Å². The molecule has 27 heavy (non-hydrogen) atoms. The fourth-order valence-corrected chi connectivity index (χ4v) is 4.90. The molecule has 0 spiro atoms. The molecule has 0 amide bonds. The number of sulfonamides is 1. The lowest BCUT2D eigenvalue weighted by atomic mass is 9.95. The van der Waals surface area contributed by atoms with E-state index in [0.29, 0.717) is 0 Å². The van der Waals surface area contributed by atoms with E-state index < -0.39 is 33.6 Å². The van der Waals surface area contributed by atoms with Gasteiger partial charge < -0.3 is 5.73 Å². The third-order valence-electron chi connectivity index (χ3n) is 4.61. The van der Waals surface area contributed by atoms with Gasteiger partial charge in [0.25, 0.3) is 0 Å². The highest BCUT2D eigenvalue weighted by atomic mass is 35.5. The lowest BCUT2D eigenvalue weighted by molar-refractivity contribution is -0.138. The SMILES string of the molecule is Cl.N[C@@H]1CN(S(=O)(=O)Cc2ccccc2C(F)(F)F)C[C@H]1c1ccccc1. The Hall–Kier alpha value is -1.61. The van der Waals surface area contributed by atoms with Crippen molar-refractivity contribution in [3.8, 4) is 0 Å². The van der Waals surface area contributed by atoms with Crippen molar-refractivity contribution in [3.05, 3.63) is 71.3 Å². The van der Waals surface area contributed by atoms with Crippen LogP contribution in [0.2, 0.25) is 0 Å². The number of nitrogens with zero attached hydrogens (tertiary/aromatic N) is 1. The van der Waals surface area contributed by atoms with Crippen molar-refractivity contribution in [3.63, 3.8) is 0 Å². The first kappa shape index (κ1) is 21.7. The Labute approximate surface area is 162 Å². The molecule has 1 aliphatic heterocycles. The van der Waals surface area contributed by atoms with Crippen molar-refractivity contribution >= 4 is 22.4 Å². The molecule has 4 nitrogen and oxygen atoms in total. The summed E-state index contributed by atoms with van der Waals surface area (Å²) in [7, 11) is -3.92. The maximum atomic E-state index is 13.1. The highest BCUT2D eigenvalue weighted by Crippen LogP contribution is 2.34. The minimum absolute atomic E-state index is 0. The summed E-state index contributed by atoms with van der Waals surface area (Å²) in [5.41, 5.74) is 5.85. The molecule has 0 unspecified atom stereocenters. The summed E-state index contributed by atoms with van der Waals surface area (Å²) in [5.74, 6) is -0.875. The molecule has 1 saturated heterocycles.